The van der Waals surface area contributed by atoms with E-state index >= 15 is 0 Å². The molecular formula is C51H66O5. The lowest BCUT2D eigenvalue weighted by atomic mass is 9.77. The van der Waals surface area contributed by atoms with Crippen LogP contribution in [0.3, 0.4) is 0 Å². The zero-order valence-electron chi connectivity index (χ0n) is 34.8. The van der Waals surface area contributed by atoms with Gasteiger partial charge in [0.15, 0.2) is 0 Å². The molecule has 1 aliphatic rings. The van der Waals surface area contributed by atoms with Crippen LogP contribution in [0.5, 0.6) is 5.75 Å². The van der Waals surface area contributed by atoms with Crippen LogP contribution in [0.2, 0.25) is 0 Å². The molecule has 56 heavy (non-hydrogen) atoms. The number of benzene rings is 4. The van der Waals surface area contributed by atoms with Gasteiger partial charge in [-0.25, -0.2) is 4.79 Å². The monoisotopic (exact) mass is 758 g/mol. The van der Waals surface area contributed by atoms with Gasteiger partial charge in [0, 0.05) is 17.4 Å². The van der Waals surface area contributed by atoms with Gasteiger partial charge in [0.1, 0.15) is 5.75 Å². The average molecular weight is 759 g/mol. The van der Waals surface area contributed by atoms with E-state index in [9.17, 15) is 15.0 Å². The third-order valence-electron chi connectivity index (χ3n) is 12.1. The summed E-state index contributed by atoms with van der Waals surface area (Å²) in [4.78, 5) is 12.1. The topological polar surface area (TPSA) is 76.0 Å². The minimum atomic E-state index is -0.620. The van der Waals surface area contributed by atoms with E-state index in [1.165, 1.54) is 90.3 Å². The van der Waals surface area contributed by atoms with Crippen LogP contribution in [-0.4, -0.2) is 42.6 Å². The standard InChI is InChI=1S/C51H66O5/c1-7-10-11-12-37-13-15-40(16-14-37)41-17-19-42(20-18-41)47-24-21-43(31-38(47)8-2)44-22-25-48(39(9-3)32-44)45-23-26-49(55-30-28-51(6,34-52)35-53)46(33-45)27-29-56-50(54)36(4)5/h17-26,31-33,37,40,52-53H,4,7-16,27-30,34-35H2,1-3,5-6H3. The van der Waals surface area contributed by atoms with Crippen LogP contribution in [0.25, 0.3) is 33.4 Å². The van der Waals surface area contributed by atoms with Crippen LogP contribution in [0, 0.1) is 11.3 Å². The highest BCUT2D eigenvalue weighted by Gasteiger charge is 2.24. The molecule has 0 bridgehead atoms. The molecule has 2 N–H and O–H groups in total. The van der Waals surface area contributed by atoms with Gasteiger partial charge in [0.25, 0.3) is 0 Å². The van der Waals surface area contributed by atoms with Gasteiger partial charge in [0.2, 0.25) is 0 Å². The number of rotatable bonds is 20. The maximum absolute atomic E-state index is 12.1. The summed E-state index contributed by atoms with van der Waals surface area (Å²) in [5.41, 5.74) is 12.1. The van der Waals surface area contributed by atoms with Gasteiger partial charge in [0.05, 0.1) is 26.4 Å². The Morgan fingerprint density at radius 2 is 1.30 bits per heavy atom. The summed E-state index contributed by atoms with van der Waals surface area (Å²) in [5, 5.41) is 19.5. The van der Waals surface area contributed by atoms with Gasteiger partial charge in [-0.2, -0.15) is 0 Å². The largest absolute Gasteiger partial charge is 0.493 e. The van der Waals surface area contributed by atoms with Crippen molar-refractivity contribution in [2.75, 3.05) is 26.4 Å². The zero-order chi connectivity index (χ0) is 40.1. The molecule has 5 nitrogen and oxygen atoms in total. The Morgan fingerprint density at radius 3 is 1.88 bits per heavy atom. The van der Waals surface area contributed by atoms with Gasteiger partial charge in [-0.15, -0.1) is 0 Å². The van der Waals surface area contributed by atoms with E-state index in [1.54, 1.807) is 6.92 Å². The van der Waals surface area contributed by atoms with E-state index in [1.807, 2.05) is 13.0 Å². The lowest BCUT2D eigenvalue weighted by Crippen LogP contribution is -2.28. The molecule has 0 atom stereocenters. The quantitative estimate of drug-likeness (QED) is 0.0533. The highest BCUT2D eigenvalue weighted by Crippen LogP contribution is 2.39. The minimum absolute atomic E-state index is 0.122. The zero-order valence-corrected chi connectivity index (χ0v) is 34.8. The van der Waals surface area contributed by atoms with Crippen molar-refractivity contribution >= 4 is 5.97 Å². The number of esters is 1. The number of aryl methyl sites for hydroxylation is 2. The molecule has 0 amide bonds. The van der Waals surface area contributed by atoms with Crippen molar-refractivity contribution in [1.29, 1.82) is 0 Å². The summed E-state index contributed by atoms with van der Waals surface area (Å²) in [5.74, 6) is 1.93. The Morgan fingerprint density at radius 1 is 0.732 bits per heavy atom. The van der Waals surface area contributed by atoms with E-state index in [2.05, 4.69) is 100 Å². The minimum Gasteiger partial charge on any atom is -0.493 e. The molecular weight excluding hydrogens is 693 g/mol. The summed E-state index contributed by atoms with van der Waals surface area (Å²) >= 11 is 0. The molecule has 0 unspecified atom stereocenters. The van der Waals surface area contributed by atoms with Gasteiger partial charge in [-0.3, -0.25) is 0 Å². The fourth-order valence-electron chi connectivity index (χ4n) is 8.17. The molecule has 1 fully saturated rings. The highest BCUT2D eigenvalue weighted by atomic mass is 16.5. The van der Waals surface area contributed by atoms with Gasteiger partial charge >= 0.3 is 5.97 Å². The second-order valence-electron chi connectivity index (χ2n) is 16.5. The first-order chi connectivity index (χ1) is 27.1. The SMILES string of the molecule is C=C(C)C(=O)OCCc1cc(-c2ccc(-c3ccc(-c4ccc(C5CCC(CCCCC)CC5)cc4)c(CC)c3)cc2CC)ccc1OCCC(C)(CO)CO. The second kappa shape index (κ2) is 20.8. The molecule has 1 saturated carbocycles. The fourth-order valence-corrected chi connectivity index (χ4v) is 8.17. The molecule has 0 heterocycles. The Labute approximate surface area is 337 Å². The van der Waals surface area contributed by atoms with E-state index < -0.39 is 11.4 Å². The van der Waals surface area contributed by atoms with Crippen molar-refractivity contribution in [1.82, 2.24) is 0 Å². The predicted molar refractivity (Wildman–Crippen MR) is 232 cm³/mol. The van der Waals surface area contributed by atoms with Crippen molar-refractivity contribution in [3.63, 3.8) is 0 Å². The second-order valence-corrected chi connectivity index (χ2v) is 16.5. The maximum Gasteiger partial charge on any atom is 0.333 e. The molecule has 0 aromatic heterocycles. The number of ether oxygens (including phenoxy) is 2. The Bertz CT molecular complexity index is 1880. The number of hydrogen-bond donors (Lipinski definition) is 2. The summed E-state index contributed by atoms with van der Waals surface area (Å²) in [7, 11) is 0. The van der Waals surface area contributed by atoms with Crippen LogP contribution < -0.4 is 4.74 Å². The summed E-state index contributed by atoms with van der Waals surface area (Å²) in [6.45, 7) is 14.2. The van der Waals surface area contributed by atoms with Gasteiger partial charge in [-0.05, 0) is 131 Å². The van der Waals surface area contributed by atoms with Crippen molar-refractivity contribution in [2.45, 2.75) is 118 Å². The van der Waals surface area contributed by atoms with Crippen molar-refractivity contribution < 1.29 is 24.5 Å². The lowest BCUT2D eigenvalue weighted by molar-refractivity contribution is -0.138. The Balaban J connectivity index is 1.33. The average Bonchev–Trinajstić information content (AvgIpc) is 3.23. The van der Waals surface area contributed by atoms with Crippen molar-refractivity contribution in [3.05, 3.63) is 113 Å². The first-order valence-corrected chi connectivity index (χ1v) is 21.3. The number of hydrogen-bond acceptors (Lipinski definition) is 5. The molecule has 0 saturated heterocycles. The number of carbonyl (C=O) groups excluding carboxylic acids is 1. The summed E-state index contributed by atoms with van der Waals surface area (Å²) in [6, 6.07) is 29.4. The van der Waals surface area contributed by atoms with Crippen molar-refractivity contribution in [3.8, 4) is 39.1 Å². The number of aliphatic hydroxyl groups excluding tert-OH is 2. The lowest BCUT2D eigenvalue weighted by Gasteiger charge is -2.29. The molecule has 5 rings (SSSR count). The highest BCUT2D eigenvalue weighted by molar-refractivity contribution is 5.87. The third-order valence-corrected chi connectivity index (χ3v) is 12.1. The molecule has 4 aromatic rings. The summed E-state index contributed by atoms with van der Waals surface area (Å²) in [6.07, 6.45) is 13.8. The molecule has 0 aliphatic heterocycles. The van der Waals surface area contributed by atoms with Crippen LogP contribution in [0.4, 0.5) is 0 Å². The van der Waals surface area contributed by atoms with E-state index in [0.717, 1.165) is 35.4 Å². The summed E-state index contributed by atoms with van der Waals surface area (Å²) < 4.78 is 11.7. The van der Waals surface area contributed by atoms with Crippen LogP contribution >= 0.6 is 0 Å². The smallest absolute Gasteiger partial charge is 0.333 e. The normalized spacial score (nSPS) is 15.8. The van der Waals surface area contributed by atoms with Crippen LogP contribution in [-0.2, 0) is 28.8 Å². The van der Waals surface area contributed by atoms with E-state index in [0.29, 0.717) is 36.7 Å². The number of carbonyl (C=O) groups is 1. The van der Waals surface area contributed by atoms with E-state index in [-0.39, 0.29) is 19.8 Å². The third kappa shape index (κ3) is 11.2. The van der Waals surface area contributed by atoms with Crippen molar-refractivity contribution in [2.24, 2.45) is 11.3 Å². The molecule has 0 spiro atoms. The van der Waals surface area contributed by atoms with Gasteiger partial charge in [-0.1, -0.05) is 127 Å². The van der Waals surface area contributed by atoms with E-state index in [4.69, 9.17) is 9.47 Å². The molecule has 1 aliphatic carbocycles. The maximum atomic E-state index is 12.1. The number of unbranched alkanes of at least 4 members (excludes halogenated alkanes) is 2. The van der Waals surface area contributed by atoms with Gasteiger partial charge < -0.3 is 19.7 Å². The predicted octanol–water partition coefficient (Wildman–Crippen LogP) is 12.1. The molecule has 4 aromatic carbocycles. The molecule has 5 heteroatoms. The molecule has 300 valence electrons. The first kappa shape index (κ1) is 42.9. The Kier molecular flexibility index (Phi) is 16.0. The fraction of sp³-hybridized carbons (Fsp3) is 0.471. The van der Waals surface area contributed by atoms with Crippen LogP contribution in [0.1, 0.15) is 121 Å². The Hall–Kier alpha value is -4.19. The first-order valence-electron chi connectivity index (χ1n) is 21.3. The number of aliphatic hydroxyl groups is 2. The molecule has 0 radical (unpaired) electrons. The van der Waals surface area contributed by atoms with Crippen LogP contribution in [0.15, 0.2) is 91.0 Å².